The van der Waals surface area contributed by atoms with Gasteiger partial charge in [0.1, 0.15) is 19.5 Å². The summed E-state index contributed by atoms with van der Waals surface area (Å²) in [6.45, 7) is 0.701. The third-order valence-electron chi connectivity index (χ3n) is 3.46. The van der Waals surface area contributed by atoms with Crippen LogP contribution < -0.4 is 10.1 Å². The largest absolute Gasteiger partial charge is 0.494 e. The molecule has 0 aliphatic carbocycles. The van der Waals surface area contributed by atoms with Gasteiger partial charge in [-0.2, -0.15) is 0 Å². The number of amides is 1. The predicted molar refractivity (Wildman–Crippen MR) is 84.7 cm³/mol. The summed E-state index contributed by atoms with van der Waals surface area (Å²) < 4.78 is 26.6. The fraction of sp³-hybridized carbons (Fsp3) is 0.188. The molecule has 9 heteroatoms. The number of hydrogen-bond acceptors (Lipinski definition) is 8. The Balaban J connectivity index is 1.57. The first-order valence-electron chi connectivity index (χ1n) is 7.41. The van der Waals surface area contributed by atoms with E-state index in [1.165, 1.54) is 6.26 Å². The van der Waals surface area contributed by atoms with Gasteiger partial charge in [0.2, 0.25) is 5.76 Å². The minimum atomic E-state index is -0.541. The van der Waals surface area contributed by atoms with Gasteiger partial charge in [0.05, 0.1) is 7.11 Å². The minimum absolute atomic E-state index is 0.0412. The molecule has 25 heavy (non-hydrogen) atoms. The molecule has 0 saturated carbocycles. The maximum absolute atomic E-state index is 12.0. The third-order valence-corrected chi connectivity index (χ3v) is 3.46. The van der Waals surface area contributed by atoms with Crippen molar-refractivity contribution in [3.63, 3.8) is 0 Å². The number of anilines is 1. The van der Waals surface area contributed by atoms with Crippen LogP contribution in [-0.4, -0.2) is 36.4 Å². The van der Waals surface area contributed by atoms with Gasteiger partial charge in [-0.3, -0.25) is 10.1 Å². The molecule has 1 amide bonds. The highest BCUT2D eigenvalue weighted by atomic mass is 16.6. The van der Waals surface area contributed by atoms with E-state index in [-0.39, 0.29) is 17.7 Å². The zero-order valence-corrected chi connectivity index (χ0v) is 13.1. The van der Waals surface area contributed by atoms with E-state index >= 15 is 0 Å². The van der Waals surface area contributed by atoms with Crippen molar-refractivity contribution in [2.75, 3.05) is 25.6 Å². The topological polar surface area (TPSA) is 109 Å². The van der Waals surface area contributed by atoms with Gasteiger partial charge in [0, 0.05) is 5.39 Å². The Morgan fingerprint density at radius 3 is 2.96 bits per heavy atom. The second kappa shape index (κ2) is 6.19. The summed E-state index contributed by atoms with van der Waals surface area (Å²) in [6.07, 6.45) is 1.24. The van der Waals surface area contributed by atoms with Gasteiger partial charge in [-0.25, -0.2) is 0 Å². The molecule has 3 heterocycles. The Kier molecular flexibility index (Phi) is 3.73. The number of hydrogen-bond donors (Lipinski definition) is 1. The maximum atomic E-state index is 12.0. The standard InChI is InChI=1S/C16H13N3O6/c1-21-10-4-2-3-9-7-11(24-13(9)10)15-18-19-16(25-15)17-14(20)12-8-22-5-6-23-12/h2-4,7-8H,5-6H2,1H3,(H,17,19,20). The van der Waals surface area contributed by atoms with Crippen molar-refractivity contribution in [2.24, 2.45) is 0 Å². The first kappa shape index (κ1) is 15.1. The van der Waals surface area contributed by atoms with E-state index in [4.69, 9.17) is 23.0 Å². The molecule has 1 aliphatic heterocycles. The number of benzene rings is 1. The highest BCUT2D eigenvalue weighted by molar-refractivity contribution is 6.00. The van der Waals surface area contributed by atoms with Crippen molar-refractivity contribution in [3.05, 3.63) is 36.3 Å². The van der Waals surface area contributed by atoms with Gasteiger partial charge >= 0.3 is 6.01 Å². The average molecular weight is 343 g/mol. The summed E-state index contributed by atoms with van der Waals surface area (Å²) in [4.78, 5) is 12.0. The van der Waals surface area contributed by atoms with Crippen LogP contribution in [0, 0.1) is 0 Å². The monoisotopic (exact) mass is 343 g/mol. The van der Waals surface area contributed by atoms with Crippen molar-refractivity contribution in [1.29, 1.82) is 0 Å². The molecule has 1 N–H and O–H groups in total. The van der Waals surface area contributed by atoms with Crippen LogP contribution in [0.3, 0.4) is 0 Å². The molecule has 0 unspecified atom stereocenters. The summed E-state index contributed by atoms with van der Waals surface area (Å²) in [5.41, 5.74) is 0.571. The van der Waals surface area contributed by atoms with Crippen molar-refractivity contribution in [2.45, 2.75) is 0 Å². The molecule has 4 rings (SSSR count). The van der Waals surface area contributed by atoms with Crippen LogP contribution >= 0.6 is 0 Å². The van der Waals surface area contributed by atoms with E-state index in [0.717, 1.165) is 5.39 Å². The number of nitrogens with one attached hydrogen (secondary N) is 1. The lowest BCUT2D eigenvalue weighted by atomic mass is 10.2. The number of furan rings is 1. The minimum Gasteiger partial charge on any atom is -0.494 e. The van der Waals surface area contributed by atoms with Crippen LogP contribution in [0.15, 0.2) is 45.1 Å². The van der Waals surface area contributed by atoms with Gasteiger partial charge in [0.25, 0.3) is 11.8 Å². The lowest BCUT2D eigenvalue weighted by molar-refractivity contribution is -0.117. The van der Waals surface area contributed by atoms with Crippen LogP contribution in [0.2, 0.25) is 0 Å². The molecule has 1 aromatic carbocycles. The Hall–Kier alpha value is -3.49. The van der Waals surface area contributed by atoms with Gasteiger partial charge in [0.15, 0.2) is 17.1 Å². The van der Waals surface area contributed by atoms with Crippen LogP contribution in [0.25, 0.3) is 22.6 Å². The smallest absolute Gasteiger partial charge is 0.323 e. The Bertz CT molecular complexity index is 958. The lowest BCUT2D eigenvalue weighted by Crippen LogP contribution is -2.21. The number of fused-ring (bicyclic) bond motifs is 1. The van der Waals surface area contributed by atoms with Crippen LogP contribution in [0.4, 0.5) is 6.01 Å². The van der Waals surface area contributed by atoms with E-state index in [2.05, 4.69) is 15.5 Å². The van der Waals surface area contributed by atoms with Crippen molar-refractivity contribution in [1.82, 2.24) is 10.2 Å². The number of nitrogens with zero attached hydrogens (tertiary/aromatic N) is 2. The summed E-state index contributed by atoms with van der Waals surface area (Å²) in [5.74, 6) is 0.589. The molecule has 1 aliphatic rings. The number of aromatic nitrogens is 2. The SMILES string of the molecule is COc1cccc2cc(-c3nnc(NC(=O)C4=COCCO4)o3)oc12. The molecule has 3 aromatic rings. The second-order valence-electron chi connectivity index (χ2n) is 5.06. The number of rotatable bonds is 4. The van der Waals surface area contributed by atoms with Crippen LogP contribution in [0.5, 0.6) is 5.75 Å². The Morgan fingerprint density at radius 2 is 2.16 bits per heavy atom. The molecular weight excluding hydrogens is 330 g/mol. The third kappa shape index (κ3) is 2.87. The number of para-hydroxylation sites is 1. The molecule has 0 spiro atoms. The van der Waals surface area contributed by atoms with E-state index < -0.39 is 5.91 Å². The van der Waals surface area contributed by atoms with Crippen molar-refractivity contribution < 1.29 is 27.8 Å². The van der Waals surface area contributed by atoms with Gasteiger partial charge in [-0.1, -0.05) is 17.2 Å². The van der Waals surface area contributed by atoms with Crippen molar-refractivity contribution in [3.8, 4) is 17.4 Å². The van der Waals surface area contributed by atoms with E-state index in [0.29, 0.717) is 30.3 Å². The summed E-state index contributed by atoms with van der Waals surface area (Å²) in [7, 11) is 1.56. The summed E-state index contributed by atoms with van der Waals surface area (Å²) in [5, 5.41) is 10.9. The second-order valence-corrected chi connectivity index (χ2v) is 5.06. The van der Waals surface area contributed by atoms with Gasteiger partial charge in [-0.05, 0) is 12.1 Å². The Labute approximate surface area is 141 Å². The highest BCUT2D eigenvalue weighted by Crippen LogP contribution is 2.33. The first-order valence-corrected chi connectivity index (χ1v) is 7.41. The fourth-order valence-corrected chi connectivity index (χ4v) is 2.32. The molecule has 0 radical (unpaired) electrons. The number of carbonyl (C=O) groups is 1. The normalized spacial score (nSPS) is 13.7. The summed E-state index contributed by atoms with van der Waals surface area (Å²) in [6, 6.07) is 7.17. The molecule has 2 aromatic heterocycles. The molecular formula is C16H13N3O6. The van der Waals surface area contributed by atoms with Crippen molar-refractivity contribution >= 4 is 22.9 Å². The zero-order valence-electron chi connectivity index (χ0n) is 13.1. The molecule has 128 valence electrons. The van der Waals surface area contributed by atoms with Crippen LogP contribution in [0.1, 0.15) is 0 Å². The first-order chi connectivity index (χ1) is 12.2. The zero-order chi connectivity index (χ0) is 17.2. The fourth-order valence-electron chi connectivity index (χ4n) is 2.32. The highest BCUT2D eigenvalue weighted by Gasteiger charge is 2.20. The molecule has 0 fully saturated rings. The number of carbonyl (C=O) groups excluding carboxylic acids is 1. The van der Waals surface area contributed by atoms with Gasteiger partial charge in [-0.15, -0.1) is 5.10 Å². The predicted octanol–water partition coefficient (Wildman–Crippen LogP) is 2.32. The summed E-state index contributed by atoms with van der Waals surface area (Å²) >= 11 is 0. The number of ether oxygens (including phenoxy) is 3. The quantitative estimate of drug-likeness (QED) is 0.769. The van der Waals surface area contributed by atoms with E-state index in [1.807, 2.05) is 12.1 Å². The van der Waals surface area contributed by atoms with Gasteiger partial charge < -0.3 is 23.0 Å². The Morgan fingerprint density at radius 1 is 1.24 bits per heavy atom. The molecule has 0 atom stereocenters. The van der Waals surface area contributed by atoms with E-state index in [1.54, 1.807) is 19.2 Å². The lowest BCUT2D eigenvalue weighted by Gasteiger charge is -2.13. The maximum Gasteiger partial charge on any atom is 0.323 e. The average Bonchev–Trinajstić information content (AvgIpc) is 3.28. The number of methoxy groups -OCH3 is 1. The van der Waals surface area contributed by atoms with Crippen LogP contribution in [-0.2, 0) is 14.3 Å². The molecule has 0 bridgehead atoms. The van der Waals surface area contributed by atoms with E-state index in [9.17, 15) is 4.79 Å². The molecule has 9 nitrogen and oxygen atoms in total. The molecule has 0 saturated heterocycles.